The standard InChI is InChI=1S/C16H15BrFN5O/c1-11-6-7-22(20-11)10-15(24)19-16-14(17)9-23(21-16)8-12-2-4-13(18)5-3-12/h2-7,9H,8,10H2,1H3,(H,19,21,24). The number of aromatic nitrogens is 4. The van der Waals surface area contributed by atoms with Gasteiger partial charge in [-0.15, -0.1) is 0 Å². The maximum atomic E-state index is 12.9. The van der Waals surface area contributed by atoms with Crippen LogP contribution in [-0.4, -0.2) is 25.5 Å². The minimum Gasteiger partial charge on any atom is -0.307 e. The predicted octanol–water partition coefficient (Wildman–Crippen LogP) is 2.98. The lowest BCUT2D eigenvalue weighted by molar-refractivity contribution is -0.116. The van der Waals surface area contributed by atoms with Gasteiger partial charge in [0.1, 0.15) is 12.4 Å². The molecule has 0 atom stereocenters. The van der Waals surface area contributed by atoms with E-state index in [-0.39, 0.29) is 18.3 Å². The molecule has 8 heteroatoms. The minimum atomic E-state index is -0.276. The van der Waals surface area contributed by atoms with Gasteiger partial charge >= 0.3 is 0 Å². The van der Waals surface area contributed by atoms with Crippen LogP contribution in [0.1, 0.15) is 11.3 Å². The molecule has 1 N–H and O–H groups in total. The molecule has 124 valence electrons. The number of anilines is 1. The van der Waals surface area contributed by atoms with E-state index in [1.807, 2.05) is 13.0 Å². The molecule has 24 heavy (non-hydrogen) atoms. The van der Waals surface area contributed by atoms with Crippen molar-refractivity contribution < 1.29 is 9.18 Å². The van der Waals surface area contributed by atoms with E-state index < -0.39 is 0 Å². The molecule has 6 nitrogen and oxygen atoms in total. The summed E-state index contributed by atoms with van der Waals surface area (Å²) in [7, 11) is 0. The van der Waals surface area contributed by atoms with Crippen molar-refractivity contribution in [3.05, 3.63) is 64.3 Å². The molecule has 0 aliphatic rings. The van der Waals surface area contributed by atoms with Gasteiger partial charge in [-0.05, 0) is 46.6 Å². The number of carbonyl (C=O) groups excluding carboxylic acids is 1. The summed E-state index contributed by atoms with van der Waals surface area (Å²) < 4.78 is 16.8. The average Bonchev–Trinajstić information content (AvgIpc) is 3.08. The highest BCUT2D eigenvalue weighted by molar-refractivity contribution is 9.10. The minimum absolute atomic E-state index is 0.116. The van der Waals surface area contributed by atoms with Crippen LogP contribution in [0, 0.1) is 12.7 Å². The first-order valence-corrected chi connectivity index (χ1v) is 8.06. The van der Waals surface area contributed by atoms with E-state index in [1.54, 1.807) is 33.9 Å². The Labute approximate surface area is 146 Å². The van der Waals surface area contributed by atoms with E-state index in [0.717, 1.165) is 11.3 Å². The van der Waals surface area contributed by atoms with Crippen molar-refractivity contribution in [1.82, 2.24) is 19.6 Å². The molecule has 0 spiro atoms. The summed E-state index contributed by atoms with van der Waals surface area (Å²) in [6.07, 6.45) is 3.51. The van der Waals surface area contributed by atoms with E-state index in [1.165, 1.54) is 12.1 Å². The van der Waals surface area contributed by atoms with Crippen LogP contribution in [0.15, 0.2) is 47.2 Å². The lowest BCUT2D eigenvalue weighted by Gasteiger charge is -2.04. The Balaban J connectivity index is 1.65. The third-order valence-corrected chi connectivity index (χ3v) is 3.89. The van der Waals surface area contributed by atoms with Crippen LogP contribution >= 0.6 is 15.9 Å². The van der Waals surface area contributed by atoms with Gasteiger partial charge in [0, 0.05) is 12.4 Å². The molecule has 0 saturated carbocycles. The Morgan fingerprint density at radius 3 is 2.62 bits per heavy atom. The summed E-state index contributed by atoms with van der Waals surface area (Å²) in [5, 5.41) is 11.2. The molecule has 3 rings (SSSR count). The number of amides is 1. The Morgan fingerprint density at radius 1 is 1.21 bits per heavy atom. The van der Waals surface area contributed by atoms with Crippen molar-refractivity contribution in [2.75, 3.05) is 5.32 Å². The number of rotatable bonds is 5. The molecule has 0 aliphatic heterocycles. The summed E-state index contributed by atoms with van der Waals surface area (Å²) in [6, 6.07) is 8.04. The van der Waals surface area contributed by atoms with Crippen LogP contribution in [0.4, 0.5) is 10.2 Å². The third kappa shape index (κ3) is 4.08. The molecule has 0 fully saturated rings. The van der Waals surface area contributed by atoms with Crippen LogP contribution in [0.25, 0.3) is 0 Å². The first-order chi connectivity index (χ1) is 11.5. The molecule has 2 aromatic heterocycles. The fourth-order valence-corrected chi connectivity index (χ4v) is 2.62. The molecule has 1 aromatic carbocycles. The first kappa shape index (κ1) is 16.4. The second-order valence-electron chi connectivity index (χ2n) is 5.35. The highest BCUT2D eigenvalue weighted by Crippen LogP contribution is 2.21. The smallest absolute Gasteiger partial charge is 0.247 e. The second kappa shape index (κ2) is 6.96. The van der Waals surface area contributed by atoms with Crippen LogP contribution in [0.3, 0.4) is 0 Å². The largest absolute Gasteiger partial charge is 0.307 e. The Hall–Kier alpha value is -2.48. The van der Waals surface area contributed by atoms with Crippen molar-refractivity contribution in [2.24, 2.45) is 0 Å². The van der Waals surface area contributed by atoms with E-state index in [0.29, 0.717) is 16.8 Å². The van der Waals surface area contributed by atoms with Gasteiger partial charge in [-0.2, -0.15) is 10.2 Å². The zero-order valence-corrected chi connectivity index (χ0v) is 14.5. The van der Waals surface area contributed by atoms with Gasteiger partial charge in [0.15, 0.2) is 5.82 Å². The van der Waals surface area contributed by atoms with Crippen molar-refractivity contribution in [3.8, 4) is 0 Å². The zero-order valence-electron chi connectivity index (χ0n) is 12.9. The van der Waals surface area contributed by atoms with Crippen molar-refractivity contribution >= 4 is 27.7 Å². The normalized spacial score (nSPS) is 10.8. The van der Waals surface area contributed by atoms with Gasteiger partial charge in [0.2, 0.25) is 5.91 Å². The number of hydrogen-bond donors (Lipinski definition) is 1. The number of hydrogen-bond acceptors (Lipinski definition) is 3. The summed E-state index contributed by atoms with van der Waals surface area (Å²) in [6.45, 7) is 2.46. The van der Waals surface area contributed by atoms with Crippen LogP contribution in [0.2, 0.25) is 0 Å². The highest BCUT2D eigenvalue weighted by atomic mass is 79.9. The Bertz CT molecular complexity index is 856. The van der Waals surface area contributed by atoms with Gasteiger partial charge in [-0.1, -0.05) is 12.1 Å². The van der Waals surface area contributed by atoms with E-state index in [9.17, 15) is 9.18 Å². The van der Waals surface area contributed by atoms with Gasteiger partial charge in [0.25, 0.3) is 0 Å². The van der Waals surface area contributed by atoms with Gasteiger partial charge in [0.05, 0.1) is 16.7 Å². The summed E-state index contributed by atoms with van der Waals surface area (Å²) in [5.74, 6) is -0.0565. The lowest BCUT2D eigenvalue weighted by atomic mass is 10.2. The SMILES string of the molecule is Cc1ccn(CC(=O)Nc2nn(Cc3ccc(F)cc3)cc2Br)n1. The number of nitrogens with one attached hydrogen (secondary N) is 1. The first-order valence-electron chi connectivity index (χ1n) is 7.27. The number of halogens is 2. The van der Waals surface area contributed by atoms with E-state index >= 15 is 0 Å². The quantitative estimate of drug-likeness (QED) is 0.726. The maximum absolute atomic E-state index is 12.9. The number of nitrogens with zero attached hydrogens (tertiary/aromatic N) is 4. The number of aryl methyl sites for hydroxylation is 1. The molecule has 0 bridgehead atoms. The number of carbonyl (C=O) groups is 1. The van der Waals surface area contributed by atoms with Crippen LogP contribution < -0.4 is 5.32 Å². The van der Waals surface area contributed by atoms with E-state index in [4.69, 9.17) is 0 Å². The lowest BCUT2D eigenvalue weighted by Crippen LogP contribution is -2.19. The zero-order chi connectivity index (χ0) is 17.1. The Kier molecular flexibility index (Phi) is 4.75. The monoisotopic (exact) mass is 391 g/mol. The average molecular weight is 392 g/mol. The molecule has 1 amide bonds. The molecule has 2 heterocycles. The molecule has 0 unspecified atom stereocenters. The third-order valence-electron chi connectivity index (χ3n) is 3.31. The van der Waals surface area contributed by atoms with Crippen LogP contribution in [-0.2, 0) is 17.9 Å². The molecule has 0 radical (unpaired) electrons. The van der Waals surface area contributed by atoms with Crippen molar-refractivity contribution in [2.45, 2.75) is 20.0 Å². The molecule has 0 saturated heterocycles. The van der Waals surface area contributed by atoms with Gasteiger partial charge in [-0.3, -0.25) is 14.2 Å². The summed E-state index contributed by atoms with van der Waals surface area (Å²) in [5.41, 5.74) is 1.77. The molecule has 0 aliphatic carbocycles. The number of benzene rings is 1. The highest BCUT2D eigenvalue weighted by Gasteiger charge is 2.11. The molecular weight excluding hydrogens is 377 g/mol. The topological polar surface area (TPSA) is 64.7 Å². The predicted molar refractivity (Wildman–Crippen MR) is 91.0 cm³/mol. The Morgan fingerprint density at radius 2 is 1.96 bits per heavy atom. The van der Waals surface area contributed by atoms with Crippen LogP contribution in [0.5, 0.6) is 0 Å². The summed E-state index contributed by atoms with van der Waals surface area (Å²) >= 11 is 3.38. The fraction of sp³-hybridized carbons (Fsp3) is 0.188. The molecular formula is C16H15BrFN5O. The fourth-order valence-electron chi connectivity index (χ4n) is 2.21. The van der Waals surface area contributed by atoms with E-state index in [2.05, 4.69) is 31.4 Å². The van der Waals surface area contributed by atoms with Crippen molar-refractivity contribution in [3.63, 3.8) is 0 Å². The molecule has 3 aromatic rings. The second-order valence-corrected chi connectivity index (χ2v) is 6.21. The van der Waals surface area contributed by atoms with Crippen molar-refractivity contribution in [1.29, 1.82) is 0 Å². The van der Waals surface area contributed by atoms with Gasteiger partial charge < -0.3 is 5.32 Å². The summed E-state index contributed by atoms with van der Waals surface area (Å²) in [4.78, 5) is 12.1. The maximum Gasteiger partial charge on any atom is 0.247 e. The van der Waals surface area contributed by atoms with Gasteiger partial charge in [-0.25, -0.2) is 4.39 Å².